The molecule has 21 heavy (non-hydrogen) atoms. The molecule has 0 bridgehead atoms. The predicted molar refractivity (Wildman–Crippen MR) is 85.5 cm³/mol. The van der Waals surface area contributed by atoms with Crippen molar-refractivity contribution in [1.29, 1.82) is 0 Å². The highest BCUT2D eigenvalue weighted by atomic mass is 35.5. The van der Waals surface area contributed by atoms with E-state index in [0.717, 1.165) is 43.7 Å². The first-order valence-corrected chi connectivity index (χ1v) is 8.16. The highest BCUT2D eigenvalue weighted by Crippen LogP contribution is 2.37. The normalized spacial score (nSPS) is 22.0. The van der Waals surface area contributed by atoms with Crippen molar-refractivity contribution in [3.63, 3.8) is 0 Å². The topological polar surface area (TPSA) is 41.1 Å². The summed E-state index contributed by atoms with van der Waals surface area (Å²) in [5.74, 6) is 0.903. The van der Waals surface area contributed by atoms with E-state index in [9.17, 15) is 9.18 Å². The first-order chi connectivity index (χ1) is 9.75. The third kappa shape index (κ3) is 3.71. The van der Waals surface area contributed by atoms with E-state index < -0.39 is 0 Å². The van der Waals surface area contributed by atoms with Gasteiger partial charge in [-0.1, -0.05) is 12.1 Å². The molecule has 2 heterocycles. The zero-order valence-electron chi connectivity index (χ0n) is 11.7. The quantitative estimate of drug-likeness (QED) is 0.876. The number of hydrogen-bond donors (Lipinski definition) is 2. The van der Waals surface area contributed by atoms with E-state index in [1.807, 2.05) is 6.07 Å². The van der Waals surface area contributed by atoms with Crippen molar-refractivity contribution in [3.05, 3.63) is 29.6 Å². The van der Waals surface area contributed by atoms with Gasteiger partial charge in [0.05, 0.1) is 6.04 Å². The highest BCUT2D eigenvalue weighted by molar-refractivity contribution is 7.99. The van der Waals surface area contributed by atoms with Gasteiger partial charge in [0.1, 0.15) is 5.82 Å². The maximum atomic E-state index is 13.8. The van der Waals surface area contributed by atoms with Crippen molar-refractivity contribution < 1.29 is 9.18 Å². The molecule has 0 saturated carbocycles. The van der Waals surface area contributed by atoms with E-state index in [2.05, 4.69) is 10.6 Å². The number of halogens is 2. The average molecular weight is 331 g/mol. The largest absolute Gasteiger partial charge is 0.349 e. The number of nitrogens with one attached hydrogen (secondary N) is 2. The zero-order valence-corrected chi connectivity index (χ0v) is 13.4. The molecule has 3 nitrogen and oxygen atoms in total. The number of rotatable bonds is 2. The van der Waals surface area contributed by atoms with Crippen LogP contribution < -0.4 is 10.6 Å². The Balaban J connectivity index is 0.00000161. The fourth-order valence-corrected chi connectivity index (χ4v) is 4.05. The molecular formula is C15H20ClFN2OS. The summed E-state index contributed by atoms with van der Waals surface area (Å²) in [6.45, 7) is 1.81. The monoisotopic (exact) mass is 330 g/mol. The highest BCUT2D eigenvalue weighted by Gasteiger charge is 2.27. The van der Waals surface area contributed by atoms with Gasteiger partial charge in [0, 0.05) is 16.6 Å². The van der Waals surface area contributed by atoms with Gasteiger partial charge >= 0.3 is 0 Å². The maximum Gasteiger partial charge on any atom is 0.223 e. The van der Waals surface area contributed by atoms with Crippen LogP contribution in [0.2, 0.25) is 0 Å². The number of carbonyl (C=O) groups is 1. The summed E-state index contributed by atoms with van der Waals surface area (Å²) in [4.78, 5) is 13.0. The molecule has 1 atom stereocenters. The Labute approximate surface area is 134 Å². The second-order valence-corrected chi connectivity index (χ2v) is 6.49. The molecule has 0 aliphatic carbocycles. The van der Waals surface area contributed by atoms with E-state index in [4.69, 9.17) is 0 Å². The second kappa shape index (κ2) is 7.47. The van der Waals surface area contributed by atoms with Crippen LogP contribution in [0.15, 0.2) is 23.1 Å². The maximum absolute atomic E-state index is 13.8. The summed E-state index contributed by atoms with van der Waals surface area (Å²) in [6.07, 6.45) is 2.66. The molecule has 0 aromatic heterocycles. The summed E-state index contributed by atoms with van der Waals surface area (Å²) < 4.78 is 13.8. The Hall–Kier alpha value is -0.780. The van der Waals surface area contributed by atoms with Gasteiger partial charge in [0.2, 0.25) is 5.91 Å². The second-order valence-electron chi connectivity index (χ2n) is 5.38. The zero-order chi connectivity index (χ0) is 13.9. The number of piperidine rings is 1. The van der Waals surface area contributed by atoms with Gasteiger partial charge in [-0.3, -0.25) is 4.79 Å². The number of amides is 1. The molecule has 1 saturated heterocycles. The molecule has 2 aliphatic rings. The molecule has 2 aliphatic heterocycles. The van der Waals surface area contributed by atoms with Gasteiger partial charge in [-0.25, -0.2) is 4.39 Å². The molecule has 1 fully saturated rings. The minimum absolute atomic E-state index is 0. The molecule has 2 N–H and O–H groups in total. The van der Waals surface area contributed by atoms with Gasteiger partial charge < -0.3 is 10.6 Å². The first kappa shape index (κ1) is 16.6. The van der Waals surface area contributed by atoms with Crippen LogP contribution in [0.1, 0.15) is 30.9 Å². The summed E-state index contributed by atoms with van der Waals surface area (Å²) in [6, 6.07) is 5.11. The van der Waals surface area contributed by atoms with Gasteiger partial charge in [-0.2, -0.15) is 0 Å². The van der Waals surface area contributed by atoms with Crippen LogP contribution in [0.5, 0.6) is 0 Å². The van der Waals surface area contributed by atoms with Crippen LogP contribution in [0.25, 0.3) is 0 Å². The van der Waals surface area contributed by atoms with Gasteiger partial charge in [-0.15, -0.1) is 24.2 Å². The van der Waals surface area contributed by atoms with Crippen molar-refractivity contribution >= 4 is 30.1 Å². The fourth-order valence-electron chi connectivity index (χ4n) is 2.91. The van der Waals surface area contributed by atoms with E-state index in [0.29, 0.717) is 4.90 Å². The molecule has 0 spiro atoms. The Morgan fingerprint density at radius 2 is 2.05 bits per heavy atom. The predicted octanol–water partition coefficient (Wildman–Crippen LogP) is 2.90. The average Bonchev–Trinajstić information content (AvgIpc) is 2.49. The number of hydrogen-bond acceptors (Lipinski definition) is 3. The molecule has 6 heteroatoms. The Kier molecular flexibility index (Phi) is 5.90. The standard InChI is InChI=1S/C15H19FN2OS.ClH/c16-12-3-1-2-11-13(6-9-20-14(11)12)18-15(19)10-4-7-17-8-5-10;/h1-3,10,13,17H,4-9H2,(H,18,19);1H. The van der Waals surface area contributed by atoms with Crippen LogP contribution in [0.4, 0.5) is 4.39 Å². The van der Waals surface area contributed by atoms with Crippen molar-refractivity contribution in [1.82, 2.24) is 10.6 Å². The van der Waals surface area contributed by atoms with E-state index in [1.54, 1.807) is 17.8 Å². The Morgan fingerprint density at radius 1 is 1.29 bits per heavy atom. The van der Waals surface area contributed by atoms with Crippen LogP contribution in [-0.4, -0.2) is 24.7 Å². The lowest BCUT2D eigenvalue weighted by molar-refractivity contribution is -0.126. The molecule has 3 rings (SSSR count). The van der Waals surface area contributed by atoms with Crippen LogP contribution in [0, 0.1) is 11.7 Å². The lowest BCUT2D eigenvalue weighted by atomic mass is 9.95. The minimum Gasteiger partial charge on any atom is -0.349 e. The number of benzene rings is 1. The molecule has 1 unspecified atom stereocenters. The summed E-state index contributed by atoms with van der Waals surface area (Å²) in [5.41, 5.74) is 0.934. The SMILES string of the molecule is Cl.O=C(NC1CCSc2c(F)cccc21)C1CCNCC1. The lowest BCUT2D eigenvalue weighted by Crippen LogP contribution is -2.40. The molecular weight excluding hydrogens is 311 g/mol. The number of fused-ring (bicyclic) bond motifs is 1. The van der Waals surface area contributed by atoms with Crippen molar-refractivity contribution in [3.8, 4) is 0 Å². The van der Waals surface area contributed by atoms with Crippen molar-refractivity contribution in [2.45, 2.75) is 30.2 Å². The third-order valence-electron chi connectivity index (χ3n) is 4.05. The molecule has 1 aromatic carbocycles. The minimum atomic E-state index is -0.173. The van der Waals surface area contributed by atoms with Crippen LogP contribution >= 0.6 is 24.2 Å². The summed E-state index contributed by atoms with van der Waals surface area (Å²) >= 11 is 1.55. The van der Waals surface area contributed by atoms with E-state index >= 15 is 0 Å². The Bertz CT molecular complexity index is 508. The van der Waals surface area contributed by atoms with E-state index in [-0.39, 0.29) is 36.1 Å². The summed E-state index contributed by atoms with van der Waals surface area (Å²) in [5, 5.41) is 6.39. The Morgan fingerprint density at radius 3 is 2.81 bits per heavy atom. The third-order valence-corrected chi connectivity index (χ3v) is 5.21. The van der Waals surface area contributed by atoms with Gasteiger partial charge in [-0.05, 0) is 44.0 Å². The molecule has 0 radical (unpaired) electrons. The summed E-state index contributed by atoms with van der Waals surface area (Å²) in [7, 11) is 0. The van der Waals surface area contributed by atoms with Crippen LogP contribution in [0.3, 0.4) is 0 Å². The van der Waals surface area contributed by atoms with Gasteiger partial charge in [0.25, 0.3) is 0 Å². The lowest BCUT2D eigenvalue weighted by Gasteiger charge is -2.29. The van der Waals surface area contributed by atoms with Crippen molar-refractivity contribution in [2.24, 2.45) is 5.92 Å². The molecule has 1 amide bonds. The van der Waals surface area contributed by atoms with Crippen molar-refractivity contribution in [2.75, 3.05) is 18.8 Å². The molecule has 1 aromatic rings. The van der Waals surface area contributed by atoms with E-state index in [1.165, 1.54) is 6.07 Å². The first-order valence-electron chi connectivity index (χ1n) is 7.18. The number of thioether (sulfide) groups is 1. The van der Waals surface area contributed by atoms with Crippen LogP contribution in [-0.2, 0) is 4.79 Å². The fraction of sp³-hybridized carbons (Fsp3) is 0.533. The smallest absolute Gasteiger partial charge is 0.223 e. The van der Waals surface area contributed by atoms with Gasteiger partial charge in [0.15, 0.2) is 0 Å². The molecule has 116 valence electrons. The number of carbonyl (C=O) groups excluding carboxylic acids is 1.